The highest BCUT2D eigenvalue weighted by Gasteiger charge is 2.15. The van der Waals surface area contributed by atoms with Gasteiger partial charge in [-0.2, -0.15) is 5.26 Å². The Morgan fingerprint density at radius 3 is 2.81 bits per heavy atom. The SMILES string of the molecule is N#Cc1ccc(/C=C(\Cl)c2nc3scc(-c4ccco4)c3c(=O)[nH]2)cc1. The van der Waals surface area contributed by atoms with Crippen LogP contribution >= 0.6 is 22.9 Å². The monoisotopic (exact) mass is 379 g/mol. The van der Waals surface area contributed by atoms with Crippen LogP contribution in [-0.4, -0.2) is 9.97 Å². The van der Waals surface area contributed by atoms with Crippen LogP contribution < -0.4 is 5.56 Å². The average molecular weight is 380 g/mol. The third-order valence-corrected chi connectivity index (χ3v) is 4.95. The van der Waals surface area contributed by atoms with E-state index in [1.54, 1.807) is 48.7 Å². The number of halogens is 1. The number of H-pyrrole nitrogens is 1. The van der Waals surface area contributed by atoms with Gasteiger partial charge in [-0.25, -0.2) is 4.98 Å². The van der Waals surface area contributed by atoms with Crippen LogP contribution in [0.1, 0.15) is 17.0 Å². The number of hydrogen-bond acceptors (Lipinski definition) is 5. The fourth-order valence-corrected chi connectivity index (χ4v) is 3.69. The van der Waals surface area contributed by atoms with Gasteiger partial charge in [-0.05, 0) is 35.9 Å². The molecule has 4 rings (SSSR count). The highest BCUT2D eigenvalue weighted by Crippen LogP contribution is 2.31. The van der Waals surface area contributed by atoms with E-state index in [0.29, 0.717) is 38.0 Å². The topological polar surface area (TPSA) is 82.7 Å². The van der Waals surface area contributed by atoms with E-state index in [2.05, 4.69) is 16.0 Å². The van der Waals surface area contributed by atoms with Crippen LogP contribution in [0.5, 0.6) is 0 Å². The average Bonchev–Trinajstić information content (AvgIpc) is 3.31. The van der Waals surface area contributed by atoms with Crippen molar-refractivity contribution in [2.24, 2.45) is 0 Å². The molecule has 0 saturated heterocycles. The largest absolute Gasteiger partial charge is 0.464 e. The molecule has 26 heavy (non-hydrogen) atoms. The van der Waals surface area contributed by atoms with Gasteiger partial charge in [0, 0.05) is 10.9 Å². The normalized spacial score (nSPS) is 11.6. The molecule has 4 aromatic rings. The molecule has 126 valence electrons. The summed E-state index contributed by atoms with van der Waals surface area (Å²) in [6, 6.07) is 12.6. The Labute approximate surface area is 156 Å². The molecule has 0 bridgehead atoms. The molecule has 5 nitrogen and oxygen atoms in total. The third-order valence-electron chi connectivity index (χ3n) is 3.79. The highest BCUT2D eigenvalue weighted by molar-refractivity contribution is 7.17. The number of nitrogens with one attached hydrogen (secondary N) is 1. The van der Waals surface area contributed by atoms with E-state index in [1.807, 2.05) is 5.38 Å². The fourth-order valence-electron chi connectivity index (χ4n) is 2.54. The Morgan fingerprint density at radius 2 is 2.12 bits per heavy atom. The van der Waals surface area contributed by atoms with Crippen molar-refractivity contribution in [2.45, 2.75) is 0 Å². The minimum Gasteiger partial charge on any atom is -0.464 e. The van der Waals surface area contributed by atoms with Crippen molar-refractivity contribution in [2.75, 3.05) is 0 Å². The van der Waals surface area contributed by atoms with Crippen LogP contribution in [0.2, 0.25) is 0 Å². The van der Waals surface area contributed by atoms with E-state index >= 15 is 0 Å². The van der Waals surface area contributed by atoms with Crippen LogP contribution in [-0.2, 0) is 0 Å². The molecule has 1 aromatic carbocycles. The highest BCUT2D eigenvalue weighted by atomic mass is 35.5. The zero-order valence-corrected chi connectivity index (χ0v) is 14.8. The first-order valence-electron chi connectivity index (χ1n) is 7.59. The summed E-state index contributed by atoms with van der Waals surface area (Å²) in [6.07, 6.45) is 3.25. The Bertz CT molecular complexity index is 1210. The molecular formula is C19H10ClN3O2S. The number of nitriles is 1. The molecule has 0 atom stereocenters. The fraction of sp³-hybridized carbons (Fsp3) is 0. The maximum atomic E-state index is 12.6. The lowest BCUT2D eigenvalue weighted by Gasteiger charge is -2.01. The first-order valence-corrected chi connectivity index (χ1v) is 8.84. The molecule has 0 spiro atoms. The molecule has 1 N–H and O–H groups in total. The standard InChI is InChI=1S/C19H10ClN3O2S/c20-14(8-11-3-5-12(9-21)6-4-11)17-22-18(24)16-13(10-26-19(16)23-17)15-2-1-7-25-15/h1-8,10H,(H,22,23,24)/b14-8-. The Hall–Kier alpha value is -3.14. The summed E-state index contributed by atoms with van der Waals surface area (Å²) < 4.78 is 5.38. The van der Waals surface area contributed by atoms with Crippen LogP contribution in [0.15, 0.2) is 57.3 Å². The molecule has 0 unspecified atom stereocenters. The molecule has 0 fully saturated rings. The maximum absolute atomic E-state index is 12.6. The molecule has 0 saturated carbocycles. The first kappa shape index (κ1) is 16.3. The van der Waals surface area contributed by atoms with Crippen molar-refractivity contribution in [1.29, 1.82) is 5.26 Å². The van der Waals surface area contributed by atoms with Gasteiger partial charge in [0.1, 0.15) is 10.6 Å². The Balaban J connectivity index is 1.76. The van der Waals surface area contributed by atoms with Crippen LogP contribution in [0.3, 0.4) is 0 Å². The zero-order chi connectivity index (χ0) is 18.1. The van der Waals surface area contributed by atoms with E-state index in [1.165, 1.54) is 11.3 Å². The van der Waals surface area contributed by atoms with Gasteiger partial charge in [0.25, 0.3) is 5.56 Å². The predicted octanol–water partition coefficient (Wildman–Crippen LogP) is 4.85. The van der Waals surface area contributed by atoms with Gasteiger partial charge >= 0.3 is 0 Å². The van der Waals surface area contributed by atoms with E-state index < -0.39 is 0 Å². The summed E-state index contributed by atoms with van der Waals surface area (Å²) in [4.78, 5) is 20.3. The van der Waals surface area contributed by atoms with Gasteiger partial charge in [-0.15, -0.1) is 11.3 Å². The number of fused-ring (bicyclic) bond motifs is 1. The Kier molecular flexibility index (Phi) is 4.17. The van der Waals surface area contributed by atoms with Gasteiger partial charge in [0.05, 0.1) is 28.3 Å². The summed E-state index contributed by atoms with van der Waals surface area (Å²) in [5.74, 6) is 0.914. The number of furan rings is 1. The van der Waals surface area contributed by atoms with Crippen molar-refractivity contribution in [3.8, 4) is 17.4 Å². The lowest BCUT2D eigenvalue weighted by Crippen LogP contribution is -2.10. The van der Waals surface area contributed by atoms with E-state index in [9.17, 15) is 4.79 Å². The number of benzene rings is 1. The van der Waals surface area contributed by atoms with Crippen molar-refractivity contribution in [3.63, 3.8) is 0 Å². The minimum atomic E-state index is -0.274. The third kappa shape index (κ3) is 2.94. The lowest BCUT2D eigenvalue weighted by atomic mass is 10.1. The molecule has 0 radical (unpaired) electrons. The van der Waals surface area contributed by atoms with E-state index in [0.717, 1.165) is 5.56 Å². The molecular weight excluding hydrogens is 370 g/mol. The molecule has 0 amide bonds. The van der Waals surface area contributed by atoms with Crippen LogP contribution in [0.4, 0.5) is 0 Å². The van der Waals surface area contributed by atoms with Crippen molar-refractivity contribution in [3.05, 3.63) is 75.3 Å². The van der Waals surface area contributed by atoms with Crippen LogP contribution in [0.25, 0.3) is 32.6 Å². The summed E-state index contributed by atoms with van der Waals surface area (Å²) in [5.41, 5.74) is 1.81. The van der Waals surface area contributed by atoms with E-state index in [-0.39, 0.29) is 5.56 Å². The van der Waals surface area contributed by atoms with Gasteiger partial charge in [-0.1, -0.05) is 23.7 Å². The van der Waals surface area contributed by atoms with Crippen molar-refractivity contribution < 1.29 is 4.42 Å². The van der Waals surface area contributed by atoms with E-state index in [4.69, 9.17) is 21.3 Å². The van der Waals surface area contributed by atoms with Gasteiger partial charge in [-0.3, -0.25) is 4.79 Å². The molecule has 3 heterocycles. The summed E-state index contributed by atoms with van der Waals surface area (Å²) in [5, 5.41) is 11.5. The minimum absolute atomic E-state index is 0.274. The molecule has 0 aliphatic rings. The summed E-state index contributed by atoms with van der Waals surface area (Å²) >= 11 is 7.70. The van der Waals surface area contributed by atoms with Crippen molar-refractivity contribution >= 4 is 44.3 Å². The number of rotatable bonds is 3. The van der Waals surface area contributed by atoms with Gasteiger partial charge in [0.2, 0.25) is 0 Å². The molecule has 3 aromatic heterocycles. The lowest BCUT2D eigenvalue weighted by molar-refractivity contribution is 0.583. The smallest absolute Gasteiger partial charge is 0.260 e. The zero-order valence-electron chi connectivity index (χ0n) is 13.2. The molecule has 7 heteroatoms. The number of aromatic amines is 1. The number of aromatic nitrogens is 2. The van der Waals surface area contributed by atoms with Gasteiger partial charge in [0.15, 0.2) is 5.82 Å². The van der Waals surface area contributed by atoms with Crippen LogP contribution in [0, 0.1) is 11.3 Å². The predicted molar refractivity (Wildman–Crippen MR) is 103 cm³/mol. The maximum Gasteiger partial charge on any atom is 0.260 e. The van der Waals surface area contributed by atoms with Crippen molar-refractivity contribution in [1.82, 2.24) is 9.97 Å². The second-order valence-electron chi connectivity index (χ2n) is 5.45. The summed E-state index contributed by atoms with van der Waals surface area (Å²) in [6.45, 7) is 0. The second-order valence-corrected chi connectivity index (χ2v) is 6.71. The number of thiophene rings is 1. The quantitative estimate of drug-likeness (QED) is 0.551. The number of hydrogen-bond donors (Lipinski definition) is 1. The first-order chi connectivity index (χ1) is 12.7. The summed E-state index contributed by atoms with van der Waals surface area (Å²) in [7, 11) is 0. The number of nitrogens with zero attached hydrogens (tertiary/aromatic N) is 2. The molecule has 0 aliphatic heterocycles. The Morgan fingerprint density at radius 1 is 1.31 bits per heavy atom. The second kappa shape index (κ2) is 6.64. The molecule has 0 aliphatic carbocycles. The van der Waals surface area contributed by atoms with Gasteiger partial charge < -0.3 is 9.40 Å².